The summed E-state index contributed by atoms with van der Waals surface area (Å²) < 4.78 is 5.41. The summed E-state index contributed by atoms with van der Waals surface area (Å²) in [6.45, 7) is 3.95. The third-order valence-corrected chi connectivity index (χ3v) is 9.06. The van der Waals surface area contributed by atoms with E-state index >= 15 is 0 Å². The number of phenolic OH excluding ortho intramolecular Hbond substituents is 1. The minimum absolute atomic E-state index is 0.00247. The fourth-order valence-electron chi connectivity index (χ4n) is 7.04. The molecule has 1 amide bonds. The number of carbonyl (C=O) groups is 5. The molecule has 2 unspecified atom stereocenters. The lowest BCUT2D eigenvalue weighted by molar-refractivity contribution is -0.175. The van der Waals surface area contributed by atoms with Crippen LogP contribution in [0.2, 0.25) is 0 Å². The molecule has 3 aliphatic carbocycles. The predicted molar refractivity (Wildman–Crippen MR) is 140 cm³/mol. The smallest absolute Gasteiger partial charge is 0.235 e. The van der Waals surface area contributed by atoms with Gasteiger partial charge in [-0.2, -0.15) is 0 Å². The molecule has 3 fully saturated rings. The van der Waals surface area contributed by atoms with Crippen LogP contribution in [0.3, 0.4) is 0 Å². The van der Waals surface area contributed by atoms with E-state index in [4.69, 9.17) is 10.5 Å². The molecule has 1 heterocycles. The number of aliphatic hydroxyl groups is 1. The molecule has 1 saturated heterocycles. The van der Waals surface area contributed by atoms with Crippen molar-refractivity contribution in [2.75, 3.05) is 26.3 Å². The number of nitrogens with two attached hydrogens (primary N) is 1. The van der Waals surface area contributed by atoms with Crippen molar-refractivity contribution < 1.29 is 38.9 Å². The molecular formula is C30H30N2O8. The zero-order valence-electron chi connectivity index (χ0n) is 21.8. The SMILES string of the molecule is NC(=O)C1C(=O)C[C@@H]2C[C@@H]3Cc4c(-c5ccc(CN6CCOCC6)cc5)ccc(O)c4C(=O)C3C(=O)[C@]2(O)C1=O. The maximum Gasteiger partial charge on any atom is 0.235 e. The van der Waals surface area contributed by atoms with Crippen molar-refractivity contribution in [3.8, 4) is 16.9 Å². The molecule has 5 atom stereocenters. The highest BCUT2D eigenvalue weighted by atomic mass is 16.5. The van der Waals surface area contributed by atoms with Gasteiger partial charge in [0.05, 0.1) is 24.7 Å². The molecule has 2 saturated carbocycles. The van der Waals surface area contributed by atoms with Crippen LogP contribution in [-0.4, -0.2) is 76.1 Å². The fraction of sp³-hybridized carbons (Fsp3) is 0.433. The van der Waals surface area contributed by atoms with Crippen LogP contribution in [0.1, 0.15) is 34.3 Å². The van der Waals surface area contributed by atoms with Crippen LogP contribution in [0.5, 0.6) is 5.75 Å². The number of hydrogen-bond donors (Lipinski definition) is 3. The molecule has 2 aromatic rings. The molecule has 0 radical (unpaired) electrons. The van der Waals surface area contributed by atoms with Gasteiger partial charge in [0.15, 0.2) is 34.7 Å². The largest absolute Gasteiger partial charge is 0.507 e. The van der Waals surface area contributed by atoms with Gasteiger partial charge in [-0.25, -0.2) is 0 Å². The molecule has 0 bridgehead atoms. The number of carbonyl (C=O) groups excluding carboxylic acids is 5. The van der Waals surface area contributed by atoms with Crippen molar-refractivity contribution in [3.05, 3.63) is 53.1 Å². The molecule has 6 rings (SSSR count). The maximum atomic E-state index is 13.8. The first-order valence-electron chi connectivity index (χ1n) is 13.5. The third kappa shape index (κ3) is 4.01. The summed E-state index contributed by atoms with van der Waals surface area (Å²) in [6.07, 6.45) is -0.0526. The van der Waals surface area contributed by atoms with E-state index in [9.17, 15) is 34.2 Å². The number of ether oxygens (including phenoxy) is 1. The van der Waals surface area contributed by atoms with Crippen LogP contribution >= 0.6 is 0 Å². The molecule has 10 heteroatoms. The number of primary amides is 1. The summed E-state index contributed by atoms with van der Waals surface area (Å²) in [6, 6.07) is 11.1. The van der Waals surface area contributed by atoms with Gasteiger partial charge >= 0.3 is 0 Å². The number of amides is 1. The fourth-order valence-corrected chi connectivity index (χ4v) is 7.04. The Morgan fingerprint density at radius 2 is 1.70 bits per heavy atom. The quantitative estimate of drug-likeness (QED) is 0.471. The van der Waals surface area contributed by atoms with Crippen molar-refractivity contribution in [2.24, 2.45) is 29.4 Å². The number of phenols is 1. The van der Waals surface area contributed by atoms with Gasteiger partial charge in [-0.3, -0.25) is 28.9 Å². The minimum atomic E-state index is -2.65. The molecule has 208 valence electrons. The number of nitrogens with zero attached hydrogens (tertiary/aromatic N) is 1. The minimum Gasteiger partial charge on any atom is -0.507 e. The van der Waals surface area contributed by atoms with Crippen molar-refractivity contribution >= 4 is 29.0 Å². The summed E-state index contributed by atoms with van der Waals surface area (Å²) in [5.41, 5.74) is 5.90. The lowest BCUT2D eigenvalue weighted by Gasteiger charge is -2.48. The standard InChI is InChI=1S/C30H30N2O8/c31-29(38)25-22(34)13-18-11-17-12-20-19(16-3-1-15(2-4-16)14-32-7-9-40-10-8-32)5-6-21(33)24(20)26(35)23(17)27(36)30(18,39)28(25)37/h1-6,17-18,23,25,33,39H,7-14H2,(H2,31,38)/t17-,18+,23?,25?,30+/m1/s1. The summed E-state index contributed by atoms with van der Waals surface area (Å²) >= 11 is 0. The van der Waals surface area contributed by atoms with Crippen LogP contribution in [0.15, 0.2) is 36.4 Å². The molecule has 4 N–H and O–H groups in total. The lowest BCUT2D eigenvalue weighted by Crippen LogP contribution is -2.68. The van der Waals surface area contributed by atoms with E-state index in [2.05, 4.69) is 4.90 Å². The lowest BCUT2D eigenvalue weighted by atomic mass is 9.53. The Bertz CT molecular complexity index is 1440. The first-order valence-corrected chi connectivity index (χ1v) is 13.5. The van der Waals surface area contributed by atoms with Crippen molar-refractivity contribution in [2.45, 2.75) is 31.4 Å². The van der Waals surface area contributed by atoms with Crippen LogP contribution in [0.4, 0.5) is 0 Å². The Morgan fingerprint density at radius 3 is 2.38 bits per heavy atom. The summed E-state index contributed by atoms with van der Waals surface area (Å²) in [4.78, 5) is 67.1. The molecule has 10 nitrogen and oxygen atoms in total. The van der Waals surface area contributed by atoms with Gasteiger partial charge in [-0.15, -0.1) is 0 Å². The highest BCUT2D eigenvalue weighted by molar-refractivity contribution is 6.31. The highest BCUT2D eigenvalue weighted by Crippen LogP contribution is 2.51. The second-order valence-electron chi connectivity index (χ2n) is 11.3. The maximum absolute atomic E-state index is 13.8. The molecule has 40 heavy (non-hydrogen) atoms. The Labute approximate surface area is 230 Å². The van der Waals surface area contributed by atoms with Gasteiger partial charge in [0, 0.05) is 32.0 Å². The second kappa shape index (κ2) is 9.72. The van der Waals surface area contributed by atoms with E-state index in [0.29, 0.717) is 18.8 Å². The van der Waals surface area contributed by atoms with Gasteiger partial charge in [0.1, 0.15) is 5.75 Å². The third-order valence-electron chi connectivity index (χ3n) is 9.06. The van der Waals surface area contributed by atoms with Crippen LogP contribution in [0.25, 0.3) is 11.1 Å². The van der Waals surface area contributed by atoms with Crippen molar-refractivity contribution in [3.63, 3.8) is 0 Å². The number of fused-ring (bicyclic) bond motifs is 3. The number of morpholine rings is 1. The van der Waals surface area contributed by atoms with Gasteiger partial charge in [-0.05, 0) is 47.1 Å². The molecular weight excluding hydrogens is 516 g/mol. The Balaban J connectivity index is 1.33. The molecule has 1 aliphatic heterocycles. The Morgan fingerprint density at radius 1 is 1.00 bits per heavy atom. The van der Waals surface area contributed by atoms with E-state index in [-0.39, 0.29) is 30.6 Å². The predicted octanol–water partition coefficient (Wildman–Crippen LogP) is 0.826. The van der Waals surface area contributed by atoms with E-state index in [0.717, 1.165) is 36.3 Å². The second-order valence-corrected chi connectivity index (χ2v) is 11.3. The van der Waals surface area contributed by atoms with Gasteiger partial charge in [0.2, 0.25) is 5.91 Å². The normalized spacial score (nSPS) is 30.4. The van der Waals surface area contributed by atoms with Crippen molar-refractivity contribution in [1.29, 1.82) is 0 Å². The first-order chi connectivity index (χ1) is 19.1. The first kappa shape index (κ1) is 26.5. The number of hydrogen-bond acceptors (Lipinski definition) is 9. The number of aromatic hydroxyl groups is 1. The van der Waals surface area contributed by atoms with E-state index in [1.165, 1.54) is 6.07 Å². The van der Waals surface area contributed by atoms with Gasteiger partial charge < -0.3 is 20.7 Å². The molecule has 0 spiro atoms. The van der Waals surface area contributed by atoms with Crippen molar-refractivity contribution in [1.82, 2.24) is 4.90 Å². The zero-order chi connectivity index (χ0) is 28.3. The van der Waals surface area contributed by atoms with Gasteiger partial charge in [-0.1, -0.05) is 30.3 Å². The number of ketones is 4. The molecule has 2 aromatic carbocycles. The molecule has 4 aliphatic rings. The molecule has 0 aromatic heterocycles. The van der Waals surface area contributed by atoms with E-state index < -0.39 is 58.3 Å². The van der Waals surface area contributed by atoms with E-state index in [1.54, 1.807) is 6.07 Å². The number of benzene rings is 2. The summed E-state index contributed by atoms with van der Waals surface area (Å²) in [5, 5.41) is 22.0. The van der Waals surface area contributed by atoms with Crippen LogP contribution in [-0.2, 0) is 36.9 Å². The highest BCUT2D eigenvalue weighted by Gasteiger charge is 2.66. The summed E-state index contributed by atoms with van der Waals surface area (Å²) in [7, 11) is 0. The average Bonchev–Trinajstić information content (AvgIpc) is 2.92. The topological polar surface area (TPSA) is 164 Å². The zero-order valence-corrected chi connectivity index (χ0v) is 21.8. The van der Waals surface area contributed by atoms with E-state index in [1.807, 2.05) is 24.3 Å². The van der Waals surface area contributed by atoms with Crippen LogP contribution < -0.4 is 5.73 Å². The Hall–Kier alpha value is -3.73. The number of Topliss-reactive ketones (excluding diaryl/α,β-unsaturated/α-hetero) is 4. The number of rotatable bonds is 4. The average molecular weight is 547 g/mol. The van der Waals surface area contributed by atoms with Gasteiger partial charge in [0.25, 0.3) is 0 Å². The monoisotopic (exact) mass is 546 g/mol. The summed E-state index contributed by atoms with van der Waals surface area (Å²) in [5.74, 6) is -10.1. The van der Waals surface area contributed by atoms with Crippen LogP contribution in [0, 0.1) is 23.7 Å². The Kier molecular flexibility index (Phi) is 6.44.